The van der Waals surface area contributed by atoms with Crippen LogP contribution in [0.5, 0.6) is 0 Å². The van der Waals surface area contributed by atoms with E-state index in [9.17, 15) is 0 Å². The van der Waals surface area contributed by atoms with Gasteiger partial charge in [-0.05, 0) is 45.7 Å². The van der Waals surface area contributed by atoms with Gasteiger partial charge in [0.15, 0.2) is 0 Å². The molecule has 0 bridgehead atoms. The van der Waals surface area contributed by atoms with E-state index in [0.29, 0.717) is 0 Å². The van der Waals surface area contributed by atoms with E-state index in [1.807, 2.05) is 0 Å². The van der Waals surface area contributed by atoms with Crippen molar-refractivity contribution in [2.75, 3.05) is 19.6 Å². The summed E-state index contributed by atoms with van der Waals surface area (Å²) in [6.07, 6.45) is 2.57. The number of hydrogen-bond acceptors (Lipinski definition) is 2. The molecule has 0 radical (unpaired) electrons. The second kappa shape index (κ2) is 7.86. The van der Waals surface area contributed by atoms with E-state index in [4.69, 9.17) is 5.73 Å². The molecule has 0 aromatic rings. The van der Waals surface area contributed by atoms with Crippen molar-refractivity contribution in [3.63, 3.8) is 0 Å². The van der Waals surface area contributed by atoms with E-state index < -0.39 is 0 Å². The van der Waals surface area contributed by atoms with Gasteiger partial charge in [0.25, 0.3) is 0 Å². The molecule has 0 aromatic heterocycles. The van der Waals surface area contributed by atoms with Gasteiger partial charge in [0, 0.05) is 12.6 Å². The SMILES string of the molecule is CC(C)N1CCC(CCN)C1.Cl.Cl. The van der Waals surface area contributed by atoms with Crippen LogP contribution in [-0.2, 0) is 0 Å². The van der Waals surface area contributed by atoms with Gasteiger partial charge >= 0.3 is 0 Å². The molecule has 1 aliphatic rings. The van der Waals surface area contributed by atoms with E-state index in [1.165, 1.54) is 25.9 Å². The van der Waals surface area contributed by atoms with Crippen LogP contribution in [0.4, 0.5) is 0 Å². The zero-order chi connectivity index (χ0) is 8.27. The van der Waals surface area contributed by atoms with Crippen LogP contribution >= 0.6 is 24.8 Å². The number of halogens is 2. The molecule has 1 aliphatic heterocycles. The maximum Gasteiger partial charge on any atom is 0.00387 e. The first-order chi connectivity index (χ1) is 5.24. The van der Waals surface area contributed by atoms with E-state index in [1.54, 1.807) is 0 Å². The Morgan fingerprint density at radius 3 is 2.38 bits per heavy atom. The monoisotopic (exact) mass is 228 g/mol. The van der Waals surface area contributed by atoms with Gasteiger partial charge in [0.1, 0.15) is 0 Å². The van der Waals surface area contributed by atoms with Crippen molar-refractivity contribution in [3.8, 4) is 0 Å². The van der Waals surface area contributed by atoms with Crippen LogP contribution in [0.15, 0.2) is 0 Å². The van der Waals surface area contributed by atoms with E-state index >= 15 is 0 Å². The van der Waals surface area contributed by atoms with Crippen molar-refractivity contribution < 1.29 is 0 Å². The summed E-state index contributed by atoms with van der Waals surface area (Å²) in [4.78, 5) is 2.54. The van der Waals surface area contributed by atoms with Gasteiger partial charge in [-0.3, -0.25) is 0 Å². The lowest BCUT2D eigenvalue weighted by atomic mass is 10.1. The summed E-state index contributed by atoms with van der Waals surface area (Å²) in [5.74, 6) is 0.877. The van der Waals surface area contributed by atoms with E-state index in [0.717, 1.165) is 18.5 Å². The third kappa shape index (κ3) is 5.06. The highest BCUT2D eigenvalue weighted by Gasteiger charge is 2.22. The molecule has 1 rings (SSSR count). The first-order valence-corrected chi connectivity index (χ1v) is 4.68. The van der Waals surface area contributed by atoms with Gasteiger partial charge in [0.05, 0.1) is 0 Å². The molecule has 0 spiro atoms. The Hall–Kier alpha value is 0.500. The topological polar surface area (TPSA) is 29.3 Å². The number of likely N-dealkylation sites (tertiary alicyclic amines) is 1. The molecule has 13 heavy (non-hydrogen) atoms. The Balaban J connectivity index is 0. The molecule has 82 valence electrons. The maximum absolute atomic E-state index is 5.51. The van der Waals surface area contributed by atoms with E-state index in [2.05, 4.69) is 18.7 Å². The summed E-state index contributed by atoms with van der Waals surface area (Å²) in [7, 11) is 0. The summed E-state index contributed by atoms with van der Waals surface area (Å²) in [6.45, 7) is 7.95. The highest BCUT2D eigenvalue weighted by molar-refractivity contribution is 5.85. The minimum atomic E-state index is 0. The van der Waals surface area contributed by atoms with Gasteiger partial charge in [-0.25, -0.2) is 0 Å². The van der Waals surface area contributed by atoms with Crippen LogP contribution in [0, 0.1) is 5.92 Å². The van der Waals surface area contributed by atoms with Crippen molar-refractivity contribution in [2.24, 2.45) is 11.7 Å². The maximum atomic E-state index is 5.51. The lowest BCUT2D eigenvalue weighted by Crippen LogP contribution is -2.28. The smallest absolute Gasteiger partial charge is 0.00387 e. The van der Waals surface area contributed by atoms with Crippen LogP contribution in [0.25, 0.3) is 0 Å². The zero-order valence-corrected chi connectivity index (χ0v) is 10.2. The fraction of sp³-hybridized carbons (Fsp3) is 1.00. The third-order valence-electron chi connectivity index (χ3n) is 2.62. The predicted molar refractivity (Wildman–Crippen MR) is 63.0 cm³/mol. The highest BCUT2D eigenvalue weighted by atomic mass is 35.5. The van der Waals surface area contributed by atoms with Crippen molar-refractivity contribution in [1.29, 1.82) is 0 Å². The minimum absolute atomic E-state index is 0. The molecule has 0 aromatic carbocycles. The molecule has 2 N–H and O–H groups in total. The standard InChI is InChI=1S/C9H20N2.2ClH/c1-8(2)11-6-4-9(7-11)3-5-10;;/h8-9H,3-7,10H2,1-2H3;2*1H. The molecule has 1 atom stereocenters. The van der Waals surface area contributed by atoms with Gasteiger partial charge in [-0.1, -0.05) is 0 Å². The molecule has 0 amide bonds. The fourth-order valence-electron chi connectivity index (χ4n) is 1.80. The predicted octanol–water partition coefficient (Wildman–Crippen LogP) is 1.91. The van der Waals surface area contributed by atoms with Crippen LogP contribution in [-0.4, -0.2) is 30.6 Å². The molecule has 0 saturated carbocycles. The van der Waals surface area contributed by atoms with Gasteiger partial charge in [-0.2, -0.15) is 0 Å². The molecule has 1 fully saturated rings. The van der Waals surface area contributed by atoms with Crippen LogP contribution < -0.4 is 5.73 Å². The molecular weight excluding hydrogens is 207 g/mol. The minimum Gasteiger partial charge on any atom is -0.330 e. The normalized spacial score (nSPS) is 22.6. The summed E-state index contributed by atoms with van der Waals surface area (Å²) in [5, 5.41) is 0. The molecule has 0 aliphatic carbocycles. The molecule has 4 heteroatoms. The average molecular weight is 229 g/mol. The van der Waals surface area contributed by atoms with Gasteiger partial charge in [0.2, 0.25) is 0 Å². The Morgan fingerprint density at radius 1 is 1.38 bits per heavy atom. The molecular formula is C9H22Cl2N2. The van der Waals surface area contributed by atoms with Crippen molar-refractivity contribution in [3.05, 3.63) is 0 Å². The summed E-state index contributed by atoms with van der Waals surface area (Å²) < 4.78 is 0. The zero-order valence-electron chi connectivity index (χ0n) is 8.53. The molecule has 1 unspecified atom stereocenters. The quantitative estimate of drug-likeness (QED) is 0.801. The Bertz CT molecular complexity index is 120. The Labute approximate surface area is 94.1 Å². The van der Waals surface area contributed by atoms with Gasteiger partial charge in [-0.15, -0.1) is 24.8 Å². The van der Waals surface area contributed by atoms with Crippen molar-refractivity contribution in [1.82, 2.24) is 4.90 Å². The first-order valence-electron chi connectivity index (χ1n) is 4.68. The number of nitrogens with zero attached hydrogens (tertiary/aromatic N) is 1. The van der Waals surface area contributed by atoms with Crippen molar-refractivity contribution in [2.45, 2.75) is 32.7 Å². The summed E-state index contributed by atoms with van der Waals surface area (Å²) >= 11 is 0. The Morgan fingerprint density at radius 2 is 2.00 bits per heavy atom. The number of rotatable bonds is 3. The molecule has 1 heterocycles. The largest absolute Gasteiger partial charge is 0.330 e. The molecule has 1 saturated heterocycles. The number of nitrogens with two attached hydrogens (primary N) is 1. The van der Waals surface area contributed by atoms with Crippen LogP contribution in [0.2, 0.25) is 0 Å². The second-order valence-electron chi connectivity index (χ2n) is 3.82. The lowest BCUT2D eigenvalue weighted by Gasteiger charge is -2.19. The lowest BCUT2D eigenvalue weighted by molar-refractivity contribution is 0.263. The second-order valence-corrected chi connectivity index (χ2v) is 3.82. The summed E-state index contributed by atoms with van der Waals surface area (Å²) in [5.41, 5.74) is 5.51. The fourth-order valence-corrected chi connectivity index (χ4v) is 1.80. The number of hydrogen-bond donors (Lipinski definition) is 1. The van der Waals surface area contributed by atoms with Crippen LogP contribution in [0.1, 0.15) is 26.7 Å². The summed E-state index contributed by atoms with van der Waals surface area (Å²) in [6, 6.07) is 0.720. The average Bonchev–Trinajstić information content (AvgIpc) is 2.37. The highest BCUT2D eigenvalue weighted by Crippen LogP contribution is 2.20. The van der Waals surface area contributed by atoms with E-state index in [-0.39, 0.29) is 24.8 Å². The first kappa shape index (κ1) is 15.9. The van der Waals surface area contributed by atoms with Crippen molar-refractivity contribution >= 4 is 24.8 Å². The third-order valence-corrected chi connectivity index (χ3v) is 2.62. The molecule has 2 nitrogen and oxygen atoms in total. The van der Waals surface area contributed by atoms with Gasteiger partial charge < -0.3 is 10.6 Å². The van der Waals surface area contributed by atoms with Crippen LogP contribution in [0.3, 0.4) is 0 Å². The Kier molecular flexibility index (Phi) is 9.65.